The van der Waals surface area contributed by atoms with Crippen molar-refractivity contribution in [2.24, 2.45) is 10.2 Å². The normalized spacial score (nSPS) is 20.3. The van der Waals surface area contributed by atoms with Crippen LogP contribution in [-0.2, 0) is 0 Å². The Morgan fingerprint density at radius 3 is 2.89 bits per heavy atom. The van der Waals surface area contributed by atoms with E-state index in [1.807, 2.05) is 36.9 Å². The van der Waals surface area contributed by atoms with Crippen molar-refractivity contribution < 1.29 is 4.74 Å². The molecule has 6 heteroatoms. The fourth-order valence-corrected chi connectivity index (χ4v) is 2.28. The second kappa shape index (κ2) is 5.63. The largest absolute Gasteiger partial charge is 0.485 e. The summed E-state index contributed by atoms with van der Waals surface area (Å²) in [4.78, 5) is 1.93. The van der Waals surface area contributed by atoms with Gasteiger partial charge >= 0.3 is 0 Å². The highest BCUT2D eigenvalue weighted by Crippen LogP contribution is 2.27. The molecule has 1 aromatic carbocycles. The number of hydrogen-bond acceptors (Lipinski definition) is 3. The third-order valence-corrected chi connectivity index (χ3v) is 3.37. The highest BCUT2D eigenvalue weighted by atomic mass is 35.5. The third-order valence-electron chi connectivity index (χ3n) is 2.74. The molecule has 0 bridgehead atoms. The van der Waals surface area contributed by atoms with Crippen LogP contribution in [0.1, 0.15) is 13.8 Å². The van der Waals surface area contributed by atoms with Crippen LogP contribution in [-0.4, -0.2) is 28.8 Å². The SMILES string of the molecule is CCN1C(=S)N=NC1C(C)Oc1ccccc1Cl. The van der Waals surface area contributed by atoms with E-state index in [2.05, 4.69) is 10.2 Å². The summed E-state index contributed by atoms with van der Waals surface area (Å²) in [7, 11) is 0. The van der Waals surface area contributed by atoms with Gasteiger partial charge in [-0.15, -0.1) is 5.11 Å². The average Bonchev–Trinajstić information content (AvgIpc) is 2.73. The van der Waals surface area contributed by atoms with Crippen molar-refractivity contribution in [3.63, 3.8) is 0 Å². The van der Waals surface area contributed by atoms with Gasteiger partial charge in [-0.05, 0) is 38.2 Å². The van der Waals surface area contributed by atoms with Crippen molar-refractivity contribution in [1.29, 1.82) is 0 Å². The van der Waals surface area contributed by atoms with Gasteiger partial charge in [0.1, 0.15) is 11.9 Å². The number of nitrogens with zero attached hydrogens (tertiary/aromatic N) is 3. The Morgan fingerprint density at radius 1 is 1.50 bits per heavy atom. The molecule has 0 N–H and O–H groups in total. The number of benzene rings is 1. The first-order valence-corrected chi connectivity index (χ1v) is 6.54. The van der Waals surface area contributed by atoms with Crippen molar-refractivity contribution in [3.8, 4) is 5.75 Å². The van der Waals surface area contributed by atoms with Gasteiger partial charge in [0.15, 0.2) is 6.17 Å². The summed E-state index contributed by atoms with van der Waals surface area (Å²) in [6.45, 7) is 4.70. The van der Waals surface area contributed by atoms with Gasteiger partial charge in [-0.1, -0.05) is 23.7 Å². The first-order valence-electron chi connectivity index (χ1n) is 5.76. The van der Waals surface area contributed by atoms with Gasteiger partial charge in [0, 0.05) is 6.54 Å². The number of hydrogen-bond donors (Lipinski definition) is 0. The lowest BCUT2D eigenvalue weighted by Crippen LogP contribution is -2.42. The lowest BCUT2D eigenvalue weighted by molar-refractivity contribution is 0.133. The first kappa shape index (κ1) is 13.2. The molecule has 96 valence electrons. The minimum Gasteiger partial charge on any atom is -0.485 e. The number of ether oxygens (including phenoxy) is 1. The molecule has 0 amide bonds. The average molecular weight is 284 g/mol. The standard InChI is InChI=1S/C12H14ClN3OS/c1-3-16-11(14-15-12(16)18)8(2)17-10-7-5-4-6-9(10)13/h4-8,11H,3H2,1-2H3. The molecule has 0 radical (unpaired) electrons. The highest BCUT2D eigenvalue weighted by Gasteiger charge is 2.31. The molecular formula is C12H14ClN3OS. The van der Waals surface area contributed by atoms with Gasteiger partial charge in [0.2, 0.25) is 5.11 Å². The maximum atomic E-state index is 6.06. The summed E-state index contributed by atoms with van der Waals surface area (Å²) in [5, 5.41) is 9.16. The van der Waals surface area contributed by atoms with Gasteiger partial charge in [-0.25, -0.2) is 0 Å². The fraction of sp³-hybridized carbons (Fsp3) is 0.417. The Kier molecular flexibility index (Phi) is 4.14. The van der Waals surface area contributed by atoms with E-state index >= 15 is 0 Å². The summed E-state index contributed by atoms with van der Waals surface area (Å²) < 4.78 is 5.82. The summed E-state index contributed by atoms with van der Waals surface area (Å²) >= 11 is 11.2. The van der Waals surface area contributed by atoms with E-state index in [1.54, 1.807) is 6.07 Å². The van der Waals surface area contributed by atoms with Crippen LogP contribution < -0.4 is 4.74 Å². The summed E-state index contributed by atoms with van der Waals surface area (Å²) in [5.41, 5.74) is 0. The van der Waals surface area contributed by atoms with Gasteiger partial charge in [-0.3, -0.25) is 0 Å². The van der Waals surface area contributed by atoms with Crippen LogP contribution in [0.4, 0.5) is 0 Å². The minimum atomic E-state index is -0.182. The van der Waals surface area contributed by atoms with Gasteiger partial charge in [-0.2, -0.15) is 5.11 Å². The zero-order valence-corrected chi connectivity index (χ0v) is 11.8. The predicted molar refractivity (Wildman–Crippen MR) is 75.2 cm³/mol. The van der Waals surface area contributed by atoms with Crippen molar-refractivity contribution in [3.05, 3.63) is 29.3 Å². The molecule has 0 saturated heterocycles. The molecule has 0 spiro atoms. The lowest BCUT2D eigenvalue weighted by atomic mass is 10.2. The quantitative estimate of drug-likeness (QED) is 0.794. The molecule has 1 aliphatic rings. The number of azo groups is 1. The van der Waals surface area contributed by atoms with Gasteiger partial charge < -0.3 is 9.64 Å². The molecule has 4 nitrogen and oxygen atoms in total. The number of rotatable bonds is 4. The van der Waals surface area contributed by atoms with E-state index in [0.717, 1.165) is 6.54 Å². The molecule has 2 atom stereocenters. The van der Waals surface area contributed by atoms with Crippen LogP contribution >= 0.6 is 23.8 Å². The van der Waals surface area contributed by atoms with Crippen LogP contribution in [0.5, 0.6) is 5.75 Å². The monoisotopic (exact) mass is 283 g/mol. The molecule has 0 aliphatic carbocycles. The Bertz CT molecular complexity index is 480. The summed E-state index contributed by atoms with van der Waals surface area (Å²) in [6, 6.07) is 7.37. The topological polar surface area (TPSA) is 37.2 Å². The van der Waals surface area contributed by atoms with Crippen molar-refractivity contribution in [1.82, 2.24) is 4.90 Å². The number of thiocarbonyl (C=S) groups is 1. The molecule has 0 saturated carbocycles. The van der Waals surface area contributed by atoms with Gasteiger partial charge in [0.05, 0.1) is 5.02 Å². The van der Waals surface area contributed by atoms with E-state index < -0.39 is 0 Å². The molecule has 2 rings (SSSR count). The molecule has 18 heavy (non-hydrogen) atoms. The van der Waals surface area contributed by atoms with Crippen molar-refractivity contribution in [2.45, 2.75) is 26.1 Å². The Hall–Kier alpha value is -1.20. The predicted octanol–water partition coefficient (Wildman–Crippen LogP) is 3.51. The number of para-hydroxylation sites is 1. The summed E-state index contributed by atoms with van der Waals surface area (Å²) in [6.07, 6.45) is -0.354. The second-order valence-electron chi connectivity index (χ2n) is 3.95. The van der Waals surface area contributed by atoms with E-state index in [1.165, 1.54) is 0 Å². The lowest BCUT2D eigenvalue weighted by Gasteiger charge is -2.26. The van der Waals surface area contributed by atoms with E-state index in [-0.39, 0.29) is 12.3 Å². The Balaban J connectivity index is 2.09. The van der Waals surface area contributed by atoms with Crippen LogP contribution in [0.15, 0.2) is 34.5 Å². The van der Waals surface area contributed by atoms with E-state index in [9.17, 15) is 0 Å². The van der Waals surface area contributed by atoms with Crippen molar-refractivity contribution in [2.75, 3.05) is 6.54 Å². The molecule has 0 fully saturated rings. The molecule has 0 aromatic heterocycles. The van der Waals surface area contributed by atoms with Crippen LogP contribution in [0, 0.1) is 0 Å². The van der Waals surface area contributed by atoms with Gasteiger partial charge in [0.25, 0.3) is 0 Å². The van der Waals surface area contributed by atoms with Crippen LogP contribution in [0.2, 0.25) is 5.02 Å². The number of likely N-dealkylation sites (N-methyl/N-ethyl adjacent to an activating group) is 1. The van der Waals surface area contributed by atoms with E-state index in [4.69, 9.17) is 28.6 Å². The van der Waals surface area contributed by atoms with Crippen LogP contribution in [0.25, 0.3) is 0 Å². The molecular weight excluding hydrogens is 270 g/mol. The maximum Gasteiger partial charge on any atom is 0.217 e. The smallest absolute Gasteiger partial charge is 0.217 e. The third kappa shape index (κ3) is 2.62. The fourth-order valence-electron chi connectivity index (χ4n) is 1.81. The zero-order valence-electron chi connectivity index (χ0n) is 10.2. The van der Waals surface area contributed by atoms with E-state index in [0.29, 0.717) is 15.9 Å². The first-order chi connectivity index (χ1) is 8.63. The molecule has 2 unspecified atom stereocenters. The highest BCUT2D eigenvalue weighted by molar-refractivity contribution is 7.80. The second-order valence-corrected chi connectivity index (χ2v) is 4.72. The van der Waals surface area contributed by atoms with Crippen LogP contribution in [0.3, 0.4) is 0 Å². The molecule has 1 aliphatic heterocycles. The number of halogens is 1. The molecule has 1 aromatic rings. The summed E-state index contributed by atoms with van der Waals surface area (Å²) in [5.74, 6) is 0.649. The molecule has 1 heterocycles. The zero-order chi connectivity index (χ0) is 13.1. The minimum absolute atomic E-state index is 0.172. The maximum absolute atomic E-state index is 6.06. The Labute approximate surface area is 117 Å². The van der Waals surface area contributed by atoms with Crippen molar-refractivity contribution >= 4 is 28.9 Å². The Morgan fingerprint density at radius 2 is 2.22 bits per heavy atom.